The Morgan fingerprint density at radius 1 is 1.12 bits per heavy atom. The second-order valence-corrected chi connectivity index (χ2v) is 6.57. The second kappa shape index (κ2) is 12.4. The molecule has 150 valence electrons. The molecule has 7 heteroatoms. The van der Waals surface area contributed by atoms with Gasteiger partial charge in [-0.2, -0.15) is 0 Å². The van der Waals surface area contributed by atoms with Crippen molar-refractivity contribution in [2.75, 3.05) is 31.6 Å². The van der Waals surface area contributed by atoms with Gasteiger partial charge in [0, 0.05) is 12.2 Å². The number of rotatable bonds is 8. The number of benzene rings is 1. The lowest BCUT2D eigenvalue weighted by molar-refractivity contribution is -0.122. The van der Waals surface area contributed by atoms with E-state index in [1.807, 2.05) is 24.3 Å². The van der Waals surface area contributed by atoms with E-state index in [1.54, 1.807) is 0 Å². The molecule has 3 N–H and O–H groups in total. The molecule has 1 aromatic carbocycles. The number of amides is 1. The smallest absolute Gasteiger partial charge is 0.244 e. The molecule has 0 bridgehead atoms. The summed E-state index contributed by atoms with van der Waals surface area (Å²) >= 11 is 0. The molecule has 0 unspecified atom stereocenters. The number of nitrogens with one attached hydrogen (secondary N) is 1. The molecule has 1 aliphatic rings. The number of nitrogens with zero attached hydrogens (tertiary/aromatic N) is 1. The maximum atomic E-state index is 12.4. The van der Waals surface area contributed by atoms with Gasteiger partial charge in [-0.1, -0.05) is 33.1 Å². The SMILES string of the molecule is CCN(CC)CCOc1ccc(NC(=O)C2(N)CCCCC2)cc1.Cl.Cl. The Labute approximate surface area is 169 Å². The van der Waals surface area contributed by atoms with E-state index in [-0.39, 0.29) is 30.7 Å². The molecular weight excluding hydrogens is 373 g/mol. The highest BCUT2D eigenvalue weighted by molar-refractivity contribution is 5.98. The Morgan fingerprint density at radius 3 is 2.23 bits per heavy atom. The zero-order valence-corrected chi connectivity index (χ0v) is 17.5. The van der Waals surface area contributed by atoms with Crippen molar-refractivity contribution in [3.05, 3.63) is 24.3 Å². The first-order valence-corrected chi connectivity index (χ1v) is 9.13. The molecule has 0 saturated heterocycles. The van der Waals surface area contributed by atoms with Crippen molar-refractivity contribution in [2.45, 2.75) is 51.5 Å². The number of carbonyl (C=O) groups excluding carboxylic acids is 1. The van der Waals surface area contributed by atoms with Gasteiger partial charge in [-0.15, -0.1) is 24.8 Å². The summed E-state index contributed by atoms with van der Waals surface area (Å²) in [5.41, 5.74) is 6.32. The van der Waals surface area contributed by atoms with Gasteiger partial charge < -0.3 is 20.7 Å². The number of hydrogen-bond acceptors (Lipinski definition) is 4. The lowest BCUT2D eigenvalue weighted by Crippen LogP contribution is -2.52. The molecule has 0 aromatic heterocycles. The van der Waals surface area contributed by atoms with Gasteiger partial charge in [-0.25, -0.2) is 0 Å². The van der Waals surface area contributed by atoms with Crippen LogP contribution < -0.4 is 15.8 Å². The molecule has 2 rings (SSSR count). The molecule has 0 aliphatic heterocycles. The fourth-order valence-corrected chi connectivity index (χ4v) is 3.13. The van der Waals surface area contributed by atoms with E-state index in [0.717, 1.165) is 56.8 Å². The molecule has 5 nitrogen and oxygen atoms in total. The molecule has 0 heterocycles. The number of carbonyl (C=O) groups is 1. The summed E-state index contributed by atoms with van der Waals surface area (Å²) in [6.45, 7) is 7.95. The molecule has 0 atom stereocenters. The summed E-state index contributed by atoms with van der Waals surface area (Å²) in [5.74, 6) is 0.748. The Hall–Kier alpha value is -1.01. The summed E-state index contributed by atoms with van der Waals surface area (Å²) in [5, 5.41) is 2.94. The molecule has 26 heavy (non-hydrogen) atoms. The second-order valence-electron chi connectivity index (χ2n) is 6.57. The topological polar surface area (TPSA) is 67.6 Å². The van der Waals surface area contributed by atoms with E-state index in [1.165, 1.54) is 6.42 Å². The van der Waals surface area contributed by atoms with E-state index in [9.17, 15) is 4.79 Å². The number of hydrogen-bond donors (Lipinski definition) is 2. The van der Waals surface area contributed by atoms with Gasteiger partial charge in [0.1, 0.15) is 12.4 Å². The Morgan fingerprint density at radius 2 is 1.69 bits per heavy atom. The predicted octanol–water partition coefficient (Wildman–Crippen LogP) is 3.85. The Bertz CT molecular complexity index is 516. The molecule has 1 amide bonds. The summed E-state index contributed by atoms with van der Waals surface area (Å²) in [7, 11) is 0. The lowest BCUT2D eigenvalue weighted by atomic mass is 9.82. The predicted molar refractivity (Wildman–Crippen MR) is 113 cm³/mol. The molecule has 1 aromatic rings. The van der Waals surface area contributed by atoms with Crippen LogP contribution in [0.5, 0.6) is 5.75 Å². The van der Waals surface area contributed by atoms with Gasteiger partial charge in [0.2, 0.25) is 5.91 Å². The Kier molecular flexibility index (Phi) is 11.9. The molecular formula is C19H33Cl2N3O2. The van der Waals surface area contributed by atoms with Crippen LogP contribution in [-0.4, -0.2) is 42.6 Å². The average Bonchev–Trinajstić information content (AvgIpc) is 2.61. The van der Waals surface area contributed by atoms with Gasteiger partial charge >= 0.3 is 0 Å². The van der Waals surface area contributed by atoms with Crippen molar-refractivity contribution in [3.63, 3.8) is 0 Å². The molecule has 1 saturated carbocycles. The van der Waals surface area contributed by atoms with E-state index in [0.29, 0.717) is 6.61 Å². The van der Waals surface area contributed by atoms with Crippen LogP contribution in [-0.2, 0) is 4.79 Å². The highest BCUT2D eigenvalue weighted by Crippen LogP contribution is 2.27. The van der Waals surface area contributed by atoms with Gasteiger partial charge in [0.15, 0.2) is 0 Å². The summed E-state index contributed by atoms with van der Waals surface area (Å²) < 4.78 is 5.76. The Balaban J connectivity index is 0.00000312. The normalized spacial score (nSPS) is 15.5. The van der Waals surface area contributed by atoms with Crippen LogP contribution in [0.2, 0.25) is 0 Å². The van der Waals surface area contributed by atoms with Crippen LogP contribution in [0.15, 0.2) is 24.3 Å². The monoisotopic (exact) mass is 405 g/mol. The van der Waals surface area contributed by atoms with E-state index in [4.69, 9.17) is 10.5 Å². The number of nitrogens with two attached hydrogens (primary N) is 1. The van der Waals surface area contributed by atoms with Gasteiger partial charge in [0.25, 0.3) is 0 Å². The number of anilines is 1. The molecule has 1 aliphatic carbocycles. The molecule has 0 radical (unpaired) electrons. The van der Waals surface area contributed by atoms with E-state index < -0.39 is 5.54 Å². The zero-order valence-electron chi connectivity index (χ0n) is 15.8. The number of halogens is 2. The summed E-state index contributed by atoms with van der Waals surface area (Å²) in [6.07, 6.45) is 4.77. The van der Waals surface area contributed by atoms with Gasteiger partial charge in [-0.3, -0.25) is 4.79 Å². The van der Waals surface area contributed by atoms with Crippen LogP contribution in [0.1, 0.15) is 46.0 Å². The fraction of sp³-hybridized carbons (Fsp3) is 0.632. The average molecular weight is 406 g/mol. The quantitative estimate of drug-likeness (QED) is 0.688. The van der Waals surface area contributed by atoms with Crippen LogP contribution in [0.25, 0.3) is 0 Å². The van der Waals surface area contributed by atoms with Crippen LogP contribution in [0, 0.1) is 0 Å². The lowest BCUT2D eigenvalue weighted by Gasteiger charge is -2.31. The third-order valence-corrected chi connectivity index (χ3v) is 4.88. The van der Waals surface area contributed by atoms with Crippen LogP contribution >= 0.6 is 24.8 Å². The maximum Gasteiger partial charge on any atom is 0.244 e. The molecule has 1 fully saturated rings. The standard InChI is InChI=1S/C19H31N3O2.2ClH/c1-3-22(4-2)14-15-24-17-10-8-16(9-11-17)21-18(23)19(20)12-6-5-7-13-19;;/h8-11H,3-7,12-15,20H2,1-2H3,(H,21,23);2*1H. The van der Waals surface area contributed by atoms with Crippen molar-refractivity contribution in [1.29, 1.82) is 0 Å². The first-order chi connectivity index (χ1) is 11.6. The minimum Gasteiger partial charge on any atom is -0.492 e. The number of ether oxygens (including phenoxy) is 1. The van der Waals surface area contributed by atoms with Crippen molar-refractivity contribution >= 4 is 36.4 Å². The summed E-state index contributed by atoms with van der Waals surface area (Å²) in [6, 6.07) is 7.53. The number of likely N-dealkylation sites (N-methyl/N-ethyl adjacent to an activating group) is 1. The third-order valence-electron chi connectivity index (χ3n) is 4.88. The maximum absolute atomic E-state index is 12.4. The van der Waals surface area contributed by atoms with Crippen molar-refractivity contribution in [3.8, 4) is 5.75 Å². The van der Waals surface area contributed by atoms with E-state index in [2.05, 4.69) is 24.1 Å². The van der Waals surface area contributed by atoms with Crippen molar-refractivity contribution in [1.82, 2.24) is 4.90 Å². The third kappa shape index (κ3) is 7.31. The highest BCUT2D eigenvalue weighted by atomic mass is 35.5. The first-order valence-electron chi connectivity index (χ1n) is 9.13. The highest BCUT2D eigenvalue weighted by Gasteiger charge is 2.35. The van der Waals surface area contributed by atoms with Crippen LogP contribution in [0.4, 0.5) is 5.69 Å². The minimum atomic E-state index is -0.711. The largest absolute Gasteiger partial charge is 0.492 e. The van der Waals surface area contributed by atoms with E-state index >= 15 is 0 Å². The molecule has 0 spiro atoms. The zero-order chi connectivity index (χ0) is 17.4. The minimum absolute atomic E-state index is 0. The van der Waals surface area contributed by atoms with Crippen LogP contribution in [0.3, 0.4) is 0 Å². The van der Waals surface area contributed by atoms with Crippen molar-refractivity contribution in [2.24, 2.45) is 5.73 Å². The van der Waals surface area contributed by atoms with Gasteiger partial charge in [-0.05, 0) is 50.2 Å². The summed E-state index contributed by atoms with van der Waals surface area (Å²) in [4.78, 5) is 14.7. The van der Waals surface area contributed by atoms with Gasteiger partial charge in [0.05, 0.1) is 5.54 Å². The fourth-order valence-electron chi connectivity index (χ4n) is 3.13. The van der Waals surface area contributed by atoms with Crippen molar-refractivity contribution < 1.29 is 9.53 Å². The first kappa shape index (κ1) is 25.0.